The SMILES string of the molecule is CCCCCCCCc1c(O)cccc1OCC. The van der Waals surface area contributed by atoms with E-state index in [-0.39, 0.29) is 0 Å². The lowest BCUT2D eigenvalue weighted by Gasteiger charge is -2.11. The van der Waals surface area contributed by atoms with E-state index >= 15 is 0 Å². The van der Waals surface area contributed by atoms with Crippen LogP contribution in [-0.4, -0.2) is 11.7 Å². The van der Waals surface area contributed by atoms with Crippen molar-refractivity contribution < 1.29 is 9.84 Å². The van der Waals surface area contributed by atoms with Gasteiger partial charge in [0.15, 0.2) is 0 Å². The molecule has 2 heteroatoms. The second-order valence-electron chi connectivity index (χ2n) is 4.70. The van der Waals surface area contributed by atoms with E-state index in [4.69, 9.17) is 4.74 Å². The van der Waals surface area contributed by atoms with Crippen molar-refractivity contribution in [2.24, 2.45) is 0 Å². The molecule has 1 aromatic carbocycles. The van der Waals surface area contributed by atoms with Crippen LogP contribution < -0.4 is 4.74 Å². The minimum atomic E-state index is 0.370. The van der Waals surface area contributed by atoms with Crippen molar-refractivity contribution in [3.8, 4) is 11.5 Å². The van der Waals surface area contributed by atoms with Gasteiger partial charge < -0.3 is 9.84 Å². The summed E-state index contributed by atoms with van der Waals surface area (Å²) in [6.45, 7) is 4.85. The monoisotopic (exact) mass is 250 g/mol. The first-order valence-corrected chi connectivity index (χ1v) is 7.23. The normalized spacial score (nSPS) is 10.6. The first kappa shape index (κ1) is 14.9. The zero-order chi connectivity index (χ0) is 13.2. The summed E-state index contributed by atoms with van der Waals surface area (Å²) in [6.07, 6.45) is 8.52. The van der Waals surface area contributed by atoms with Crippen LogP contribution in [0.5, 0.6) is 11.5 Å². The van der Waals surface area contributed by atoms with Crippen molar-refractivity contribution in [2.45, 2.75) is 58.8 Å². The van der Waals surface area contributed by atoms with Gasteiger partial charge in [-0.2, -0.15) is 0 Å². The fraction of sp³-hybridized carbons (Fsp3) is 0.625. The summed E-state index contributed by atoms with van der Waals surface area (Å²) in [4.78, 5) is 0. The van der Waals surface area contributed by atoms with Crippen molar-refractivity contribution in [2.75, 3.05) is 6.61 Å². The predicted octanol–water partition coefficient (Wildman–Crippen LogP) is 4.69. The minimum absolute atomic E-state index is 0.370. The maximum atomic E-state index is 9.88. The highest BCUT2D eigenvalue weighted by Crippen LogP contribution is 2.29. The molecule has 2 nitrogen and oxygen atoms in total. The Labute approximate surface area is 111 Å². The van der Waals surface area contributed by atoms with E-state index in [1.807, 2.05) is 19.1 Å². The highest BCUT2D eigenvalue weighted by molar-refractivity contribution is 5.43. The van der Waals surface area contributed by atoms with Crippen molar-refractivity contribution >= 4 is 0 Å². The van der Waals surface area contributed by atoms with Gasteiger partial charge in [0.1, 0.15) is 11.5 Å². The molecule has 1 N–H and O–H groups in total. The Hall–Kier alpha value is -1.18. The fourth-order valence-electron chi connectivity index (χ4n) is 2.18. The summed E-state index contributed by atoms with van der Waals surface area (Å²) in [7, 11) is 0. The molecular weight excluding hydrogens is 224 g/mol. The molecule has 0 unspecified atom stereocenters. The number of hydrogen-bond donors (Lipinski definition) is 1. The van der Waals surface area contributed by atoms with Crippen LogP contribution in [0.15, 0.2) is 18.2 Å². The van der Waals surface area contributed by atoms with Gasteiger partial charge in [-0.05, 0) is 31.9 Å². The molecule has 0 saturated carbocycles. The molecule has 0 heterocycles. The van der Waals surface area contributed by atoms with Gasteiger partial charge in [-0.3, -0.25) is 0 Å². The van der Waals surface area contributed by atoms with Gasteiger partial charge in [0.05, 0.1) is 6.61 Å². The lowest BCUT2D eigenvalue weighted by Crippen LogP contribution is -1.97. The van der Waals surface area contributed by atoms with Crippen molar-refractivity contribution in [1.29, 1.82) is 0 Å². The number of phenolic OH excluding ortho intramolecular Hbond substituents is 1. The summed E-state index contributed by atoms with van der Waals surface area (Å²) >= 11 is 0. The predicted molar refractivity (Wildman–Crippen MR) is 76.4 cm³/mol. The highest BCUT2D eigenvalue weighted by Gasteiger charge is 2.08. The molecule has 0 radical (unpaired) electrons. The zero-order valence-corrected chi connectivity index (χ0v) is 11.7. The Morgan fingerprint density at radius 2 is 1.72 bits per heavy atom. The maximum absolute atomic E-state index is 9.88. The Morgan fingerprint density at radius 1 is 1.00 bits per heavy atom. The fourth-order valence-corrected chi connectivity index (χ4v) is 2.18. The van der Waals surface area contributed by atoms with Crippen molar-refractivity contribution in [3.63, 3.8) is 0 Å². The molecule has 18 heavy (non-hydrogen) atoms. The molecular formula is C16H26O2. The third-order valence-electron chi connectivity index (χ3n) is 3.19. The summed E-state index contributed by atoms with van der Waals surface area (Å²) in [5, 5.41) is 9.88. The van der Waals surface area contributed by atoms with Gasteiger partial charge in [0.2, 0.25) is 0 Å². The molecule has 0 amide bonds. The molecule has 102 valence electrons. The van der Waals surface area contributed by atoms with Crippen LogP contribution in [0, 0.1) is 0 Å². The average molecular weight is 250 g/mol. The molecule has 0 spiro atoms. The summed E-state index contributed by atoms with van der Waals surface area (Å²) in [5.41, 5.74) is 0.967. The number of aromatic hydroxyl groups is 1. The topological polar surface area (TPSA) is 29.5 Å². The third kappa shape index (κ3) is 4.99. The molecule has 0 aliphatic heterocycles. The van der Waals surface area contributed by atoms with Gasteiger partial charge in [0, 0.05) is 5.56 Å². The molecule has 0 saturated heterocycles. The second kappa shape index (κ2) is 8.84. The van der Waals surface area contributed by atoms with E-state index in [1.165, 1.54) is 32.1 Å². The van der Waals surface area contributed by atoms with Crippen LogP contribution >= 0.6 is 0 Å². The highest BCUT2D eigenvalue weighted by atomic mass is 16.5. The van der Waals surface area contributed by atoms with Gasteiger partial charge >= 0.3 is 0 Å². The van der Waals surface area contributed by atoms with Gasteiger partial charge in [0.25, 0.3) is 0 Å². The van der Waals surface area contributed by atoms with Crippen molar-refractivity contribution in [3.05, 3.63) is 23.8 Å². The van der Waals surface area contributed by atoms with Gasteiger partial charge in [-0.15, -0.1) is 0 Å². The summed E-state index contributed by atoms with van der Waals surface area (Å²) in [5.74, 6) is 1.21. The average Bonchev–Trinajstić information content (AvgIpc) is 2.36. The van der Waals surface area contributed by atoms with Crippen LogP contribution in [0.25, 0.3) is 0 Å². The first-order valence-electron chi connectivity index (χ1n) is 7.23. The maximum Gasteiger partial charge on any atom is 0.126 e. The molecule has 1 aromatic rings. The Morgan fingerprint density at radius 3 is 2.44 bits per heavy atom. The standard InChI is InChI=1S/C16H26O2/c1-3-5-6-7-8-9-11-14-15(17)12-10-13-16(14)18-4-2/h10,12-13,17H,3-9,11H2,1-2H3. The number of rotatable bonds is 9. The van der Waals surface area contributed by atoms with E-state index in [9.17, 15) is 5.11 Å². The zero-order valence-electron chi connectivity index (χ0n) is 11.7. The Bertz CT molecular complexity index is 334. The molecule has 0 aromatic heterocycles. The van der Waals surface area contributed by atoms with E-state index < -0.39 is 0 Å². The number of hydrogen-bond acceptors (Lipinski definition) is 2. The largest absolute Gasteiger partial charge is 0.508 e. The lowest BCUT2D eigenvalue weighted by molar-refractivity contribution is 0.332. The van der Waals surface area contributed by atoms with E-state index in [0.717, 1.165) is 24.2 Å². The summed E-state index contributed by atoms with van der Waals surface area (Å²) in [6, 6.07) is 5.52. The first-order chi connectivity index (χ1) is 8.79. The van der Waals surface area contributed by atoms with E-state index in [0.29, 0.717) is 12.4 Å². The smallest absolute Gasteiger partial charge is 0.126 e. The van der Waals surface area contributed by atoms with Crippen LogP contribution in [-0.2, 0) is 6.42 Å². The van der Waals surface area contributed by atoms with Crippen LogP contribution in [0.1, 0.15) is 57.9 Å². The third-order valence-corrected chi connectivity index (χ3v) is 3.19. The quantitative estimate of drug-likeness (QED) is 0.644. The molecule has 0 aliphatic rings. The molecule has 1 rings (SSSR count). The van der Waals surface area contributed by atoms with Gasteiger partial charge in [-0.25, -0.2) is 0 Å². The number of unbranched alkanes of at least 4 members (excludes halogenated alkanes) is 5. The van der Waals surface area contributed by atoms with Gasteiger partial charge in [-0.1, -0.05) is 45.1 Å². The molecule has 0 aliphatic carbocycles. The molecule has 0 atom stereocenters. The van der Waals surface area contributed by atoms with Crippen LogP contribution in [0.4, 0.5) is 0 Å². The number of ether oxygens (including phenoxy) is 1. The Balaban J connectivity index is 2.40. The number of benzene rings is 1. The minimum Gasteiger partial charge on any atom is -0.508 e. The van der Waals surface area contributed by atoms with E-state index in [2.05, 4.69) is 6.92 Å². The number of phenols is 1. The van der Waals surface area contributed by atoms with E-state index in [1.54, 1.807) is 6.07 Å². The molecule has 0 bridgehead atoms. The molecule has 0 fully saturated rings. The van der Waals surface area contributed by atoms with Crippen LogP contribution in [0.2, 0.25) is 0 Å². The summed E-state index contributed by atoms with van der Waals surface area (Å²) < 4.78 is 5.55. The lowest BCUT2D eigenvalue weighted by atomic mass is 10.0. The van der Waals surface area contributed by atoms with Crippen LogP contribution in [0.3, 0.4) is 0 Å². The Kier molecular flexibility index (Phi) is 7.31. The van der Waals surface area contributed by atoms with Crippen molar-refractivity contribution in [1.82, 2.24) is 0 Å². The second-order valence-corrected chi connectivity index (χ2v) is 4.70.